The monoisotopic (exact) mass is 425 g/mol. The third-order valence-electron chi connectivity index (χ3n) is 5.69. The molecule has 164 valence electrons. The van der Waals surface area contributed by atoms with E-state index in [1.165, 1.54) is 5.57 Å². The van der Waals surface area contributed by atoms with E-state index in [4.69, 9.17) is 0 Å². The van der Waals surface area contributed by atoms with Gasteiger partial charge in [0.25, 0.3) is 0 Å². The molecule has 3 N–H and O–H groups in total. The lowest BCUT2D eigenvalue weighted by atomic mass is 9.87. The molecule has 32 heavy (non-hydrogen) atoms. The smallest absolute Gasteiger partial charge is 0.126 e. The summed E-state index contributed by atoms with van der Waals surface area (Å²) in [5.74, 6) is 1.61. The second kappa shape index (κ2) is 8.87. The molecule has 1 unspecified atom stereocenters. The number of aromatic nitrogens is 1. The zero-order valence-corrected chi connectivity index (χ0v) is 19.1. The minimum absolute atomic E-state index is 0.132. The molecule has 0 saturated carbocycles. The van der Waals surface area contributed by atoms with Crippen LogP contribution in [0.4, 0.5) is 0 Å². The van der Waals surface area contributed by atoms with Crippen LogP contribution in [-0.2, 0) is 0 Å². The standard InChI is InChI=1S/C27H31N5/c1-18(26-24-9-7-6-8-20(24)14-15-28-26)30-22-10-12-23(13-11-22)31-19(2)32-25-16-21(17-29-25)27(3,4)5/h6-12,14-16,23,30-31H,1-2,13,17H2,3-5H3,(H,29,32). The summed E-state index contributed by atoms with van der Waals surface area (Å²) in [7, 11) is 0. The summed E-state index contributed by atoms with van der Waals surface area (Å²) < 4.78 is 0. The van der Waals surface area contributed by atoms with Crippen LogP contribution in [0, 0.1) is 5.41 Å². The van der Waals surface area contributed by atoms with Gasteiger partial charge < -0.3 is 16.0 Å². The molecule has 2 aromatic rings. The molecule has 0 radical (unpaired) electrons. The third-order valence-corrected chi connectivity index (χ3v) is 5.69. The van der Waals surface area contributed by atoms with Crippen molar-refractivity contribution in [2.75, 3.05) is 6.54 Å². The van der Waals surface area contributed by atoms with Crippen LogP contribution in [0.3, 0.4) is 0 Å². The fourth-order valence-corrected chi connectivity index (χ4v) is 3.78. The van der Waals surface area contributed by atoms with Gasteiger partial charge in [-0.05, 0) is 41.0 Å². The van der Waals surface area contributed by atoms with Gasteiger partial charge in [-0.3, -0.25) is 9.98 Å². The first-order chi connectivity index (χ1) is 15.3. The number of hydrogen-bond acceptors (Lipinski definition) is 5. The van der Waals surface area contributed by atoms with Gasteiger partial charge in [0.15, 0.2) is 0 Å². The first-order valence-electron chi connectivity index (χ1n) is 11.0. The van der Waals surface area contributed by atoms with Crippen molar-refractivity contribution in [3.8, 4) is 0 Å². The van der Waals surface area contributed by atoms with E-state index in [9.17, 15) is 0 Å². The van der Waals surface area contributed by atoms with Crippen LogP contribution in [-0.4, -0.2) is 23.4 Å². The zero-order valence-electron chi connectivity index (χ0n) is 19.1. The summed E-state index contributed by atoms with van der Waals surface area (Å²) in [6, 6.07) is 10.4. The first-order valence-corrected chi connectivity index (χ1v) is 11.0. The molecular weight excluding hydrogens is 394 g/mol. The van der Waals surface area contributed by atoms with Crippen LogP contribution in [0.2, 0.25) is 0 Å². The van der Waals surface area contributed by atoms with Gasteiger partial charge in [0, 0.05) is 23.3 Å². The molecule has 1 aliphatic heterocycles. The van der Waals surface area contributed by atoms with Crippen molar-refractivity contribution in [2.45, 2.75) is 33.2 Å². The van der Waals surface area contributed by atoms with Gasteiger partial charge in [-0.15, -0.1) is 0 Å². The molecule has 2 aliphatic rings. The molecule has 0 fully saturated rings. The summed E-state index contributed by atoms with van der Waals surface area (Å²) in [5.41, 5.74) is 4.13. The molecule has 1 aliphatic carbocycles. The number of allylic oxidation sites excluding steroid dienone is 1. The van der Waals surface area contributed by atoms with Crippen molar-refractivity contribution in [1.82, 2.24) is 20.9 Å². The highest BCUT2D eigenvalue weighted by Gasteiger charge is 2.21. The lowest BCUT2D eigenvalue weighted by molar-refractivity contribution is 0.499. The predicted octanol–water partition coefficient (Wildman–Crippen LogP) is 5.04. The van der Waals surface area contributed by atoms with Gasteiger partial charge in [-0.2, -0.15) is 0 Å². The summed E-state index contributed by atoms with van der Waals surface area (Å²) in [6.45, 7) is 15.7. The molecule has 2 heterocycles. The number of amidine groups is 1. The minimum Gasteiger partial charge on any atom is -0.366 e. The highest BCUT2D eigenvalue weighted by Crippen LogP contribution is 2.27. The normalized spacial score (nSPS) is 18.0. The van der Waals surface area contributed by atoms with Crippen LogP contribution in [0.5, 0.6) is 0 Å². The van der Waals surface area contributed by atoms with Crippen LogP contribution >= 0.6 is 0 Å². The van der Waals surface area contributed by atoms with Gasteiger partial charge in [-0.25, -0.2) is 0 Å². The Labute approximate surface area is 190 Å². The van der Waals surface area contributed by atoms with E-state index in [1.54, 1.807) is 0 Å². The number of nitrogens with one attached hydrogen (secondary N) is 3. The lowest BCUT2D eigenvalue weighted by Gasteiger charge is -2.22. The number of pyridine rings is 1. The fraction of sp³-hybridized carbons (Fsp3) is 0.259. The minimum atomic E-state index is 0.132. The topological polar surface area (TPSA) is 61.3 Å². The van der Waals surface area contributed by atoms with Gasteiger partial charge in [0.2, 0.25) is 0 Å². The average molecular weight is 426 g/mol. The average Bonchev–Trinajstić information content (AvgIpc) is 3.23. The van der Waals surface area contributed by atoms with E-state index in [0.717, 1.165) is 52.5 Å². The van der Waals surface area contributed by atoms with Crippen LogP contribution in [0.25, 0.3) is 16.5 Å². The fourth-order valence-electron chi connectivity index (χ4n) is 3.78. The van der Waals surface area contributed by atoms with E-state index in [-0.39, 0.29) is 11.5 Å². The quantitative estimate of drug-likeness (QED) is 0.607. The number of aliphatic imine (C=N–C) groups is 1. The van der Waals surface area contributed by atoms with Crippen LogP contribution < -0.4 is 16.0 Å². The maximum absolute atomic E-state index is 4.57. The molecule has 1 aromatic heterocycles. The molecule has 4 rings (SSSR count). The van der Waals surface area contributed by atoms with Crippen molar-refractivity contribution in [3.05, 3.63) is 96.8 Å². The van der Waals surface area contributed by atoms with E-state index in [2.05, 4.69) is 96.3 Å². The highest BCUT2D eigenvalue weighted by molar-refractivity contribution is 5.96. The number of fused-ring (bicyclic) bond motifs is 1. The highest BCUT2D eigenvalue weighted by atomic mass is 15.1. The Bertz CT molecular complexity index is 1170. The summed E-state index contributed by atoms with van der Waals surface area (Å²) in [6.07, 6.45) is 11.1. The molecule has 0 spiro atoms. The van der Waals surface area contributed by atoms with Crippen molar-refractivity contribution in [2.24, 2.45) is 10.4 Å². The van der Waals surface area contributed by atoms with Crippen LogP contribution in [0.1, 0.15) is 32.9 Å². The largest absolute Gasteiger partial charge is 0.366 e. The van der Waals surface area contributed by atoms with Crippen molar-refractivity contribution >= 4 is 22.3 Å². The van der Waals surface area contributed by atoms with E-state index in [1.807, 2.05) is 24.4 Å². The number of benzene rings is 1. The van der Waals surface area contributed by atoms with Crippen molar-refractivity contribution < 1.29 is 0 Å². The molecule has 1 atom stereocenters. The number of rotatable bonds is 6. The van der Waals surface area contributed by atoms with Gasteiger partial charge in [0.05, 0.1) is 23.8 Å². The molecule has 0 saturated heterocycles. The Morgan fingerprint density at radius 2 is 1.91 bits per heavy atom. The molecule has 0 amide bonds. The van der Waals surface area contributed by atoms with Crippen molar-refractivity contribution in [3.63, 3.8) is 0 Å². The Morgan fingerprint density at radius 3 is 2.62 bits per heavy atom. The Kier molecular flexibility index (Phi) is 5.99. The van der Waals surface area contributed by atoms with Gasteiger partial charge in [0.1, 0.15) is 5.84 Å². The SMILES string of the molecule is C=C(NC1=NCC(C(C)(C)C)=C1)NC1C=CC(NC(=C)c2nccc3ccccc23)=CC1. The molecule has 1 aromatic carbocycles. The Morgan fingerprint density at radius 1 is 1.09 bits per heavy atom. The number of hydrogen-bond donors (Lipinski definition) is 3. The second-order valence-electron chi connectivity index (χ2n) is 9.21. The lowest BCUT2D eigenvalue weighted by Crippen LogP contribution is -2.36. The third kappa shape index (κ3) is 4.99. The van der Waals surface area contributed by atoms with Gasteiger partial charge in [-0.1, -0.05) is 70.3 Å². The second-order valence-corrected chi connectivity index (χ2v) is 9.21. The summed E-state index contributed by atoms with van der Waals surface area (Å²) in [4.78, 5) is 9.10. The molecule has 5 nitrogen and oxygen atoms in total. The van der Waals surface area contributed by atoms with E-state index >= 15 is 0 Å². The van der Waals surface area contributed by atoms with E-state index < -0.39 is 0 Å². The molecule has 0 bridgehead atoms. The molecular formula is C27H31N5. The van der Waals surface area contributed by atoms with Crippen molar-refractivity contribution in [1.29, 1.82) is 0 Å². The predicted molar refractivity (Wildman–Crippen MR) is 135 cm³/mol. The van der Waals surface area contributed by atoms with Crippen LogP contribution in [0.15, 0.2) is 96.1 Å². The zero-order chi connectivity index (χ0) is 22.7. The maximum Gasteiger partial charge on any atom is 0.126 e. The van der Waals surface area contributed by atoms with Gasteiger partial charge >= 0.3 is 0 Å². The Hall–Kier alpha value is -3.60. The summed E-state index contributed by atoms with van der Waals surface area (Å²) in [5, 5.41) is 12.4. The summed E-state index contributed by atoms with van der Waals surface area (Å²) >= 11 is 0. The molecule has 5 heteroatoms. The van der Waals surface area contributed by atoms with E-state index in [0.29, 0.717) is 0 Å². The maximum atomic E-state index is 4.57. The first kappa shape index (κ1) is 21.6. The Balaban J connectivity index is 1.31. The number of nitrogens with zero attached hydrogens (tertiary/aromatic N) is 2.